The van der Waals surface area contributed by atoms with Crippen molar-refractivity contribution in [3.05, 3.63) is 23.7 Å². The largest absolute Gasteiger partial charge is 0.493 e. The van der Waals surface area contributed by atoms with Crippen molar-refractivity contribution < 1.29 is 18.7 Å². The number of thioether (sulfide) groups is 1. The van der Waals surface area contributed by atoms with E-state index in [1.54, 1.807) is 17.8 Å². The van der Waals surface area contributed by atoms with E-state index >= 15 is 0 Å². The van der Waals surface area contributed by atoms with Crippen molar-refractivity contribution in [1.82, 2.24) is 4.90 Å². The monoisotopic (exact) mass is 421 g/mol. The Kier molecular flexibility index (Phi) is 6.82. The number of hydrogen-bond donors (Lipinski definition) is 0. The number of ether oxygens (including phenoxy) is 2. The lowest BCUT2D eigenvalue weighted by Crippen LogP contribution is -2.33. The molecule has 1 aliphatic carbocycles. The first-order chi connectivity index (χ1) is 14.1. The van der Waals surface area contributed by atoms with Crippen LogP contribution in [0.4, 0.5) is 4.39 Å². The maximum absolute atomic E-state index is 14.6. The fraction of sp³-hybridized carbons (Fsp3) is 0.667. The number of rotatable bonds is 6. The maximum atomic E-state index is 14.6. The molecule has 0 saturated carbocycles. The quantitative estimate of drug-likeness (QED) is 0.660. The number of piperidine rings is 1. The summed E-state index contributed by atoms with van der Waals surface area (Å²) in [4.78, 5) is 23.2. The third kappa shape index (κ3) is 5.35. The molecular weight excluding hydrogens is 393 g/mol. The van der Waals surface area contributed by atoms with E-state index in [0.29, 0.717) is 40.8 Å². The normalized spacial score (nSPS) is 27.0. The highest BCUT2D eigenvalue weighted by atomic mass is 32.2. The number of allylic oxidation sites excluding steroid dienone is 2. The van der Waals surface area contributed by atoms with Crippen molar-refractivity contribution in [1.29, 1.82) is 0 Å². The lowest BCUT2D eigenvalue weighted by molar-refractivity contribution is -0.119. The second-order valence-corrected chi connectivity index (χ2v) is 9.38. The van der Waals surface area contributed by atoms with Gasteiger partial charge in [0, 0.05) is 30.6 Å². The molecule has 29 heavy (non-hydrogen) atoms. The molecule has 2 saturated heterocycles. The van der Waals surface area contributed by atoms with E-state index < -0.39 is 17.7 Å². The van der Waals surface area contributed by atoms with Gasteiger partial charge in [0.25, 0.3) is 5.91 Å². The predicted octanol–water partition coefficient (Wildman–Crippen LogP) is 3.00. The summed E-state index contributed by atoms with van der Waals surface area (Å²) in [7, 11) is 2.12. The Bertz CT molecular complexity index is 750. The average molecular weight is 422 g/mol. The SMILES string of the molecule is CN1CCC(COC2=CC3=NC(CSC4CCOCC4)=NC(=O)C3C(F)=C2)CC1. The molecule has 0 aromatic rings. The van der Waals surface area contributed by atoms with Crippen LogP contribution in [0.3, 0.4) is 0 Å². The highest BCUT2D eigenvalue weighted by Crippen LogP contribution is 2.30. The number of fused-ring (bicyclic) bond motifs is 1. The van der Waals surface area contributed by atoms with Gasteiger partial charge in [-0.25, -0.2) is 9.38 Å². The molecule has 1 amide bonds. The van der Waals surface area contributed by atoms with Crippen molar-refractivity contribution in [3.63, 3.8) is 0 Å². The van der Waals surface area contributed by atoms with Crippen molar-refractivity contribution in [2.45, 2.75) is 30.9 Å². The fourth-order valence-electron chi connectivity index (χ4n) is 3.96. The molecule has 4 aliphatic rings. The van der Waals surface area contributed by atoms with Crippen LogP contribution in [-0.2, 0) is 14.3 Å². The molecule has 0 aromatic carbocycles. The summed E-state index contributed by atoms with van der Waals surface area (Å²) in [5.74, 6) is -0.0727. The fourth-order valence-corrected chi connectivity index (χ4v) is 5.00. The molecule has 0 spiro atoms. The maximum Gasteiger partial charge on any atom is 0.263 e. The van der Waals surface area contributed by atoms with Gasteiger partial charge in [0.1, 0.15) is 23.3 Å². The molecule has 6 nitrogen and oxygen atoms in total. The van der Waals surface area contributed by atoms with Crippen LogP contribution in [0, 0.1) is 11.8 Å². The Labute approximate surface area is 175 Å². The van der Waals surface area contributed by atoms with Crippen LogP contribution in [0.25, 0.3) is 0 Å². The van der Waals surface area contributed by atoms with E-state index in [2.05, 4.69) is 21.9 Å². The van der Waals surface area contributed by atoms with Crippen LogP contribution in [-0.4, -0.2) is 73.3 Å². The number of hydrogen-bond acceptors (Lipinski definition) is 6. The second kappa shape index (κ2) is 9.53. The van der Waals surface area contributed by atoms with E-state index in [9.17, 15) is 9.18 Å². The summed E-state index contributed by atoms with van der Waals surface area (Å²) in [5, 5.41) is 0.492. The average Bonchev–Trinajstić information content (AvgIpc) is 2.72. The molecule has 3 aliphatic heterocycles. The van der Waals surface area contributed by atoms with Crippen LogP contribution in [0.1, 0.15) is 25.7 Å². The molecule has 3 heterocycles. The lowest BCUT2D eigenvalue weighted by Gasteiger charge is -2.29. The Morgan fingerprint density at radius 2 is 1.97 bits per heavy atom. The number of amides is 1. The zero-order chi connectivity index (χ0) is 20.2. The van der Waals surface area contributed by atoms with Gasteiger partial charge in [-0.2, -0.15) is 16.8 Å². The van der Waals surface area contributed by atoms with Gasteiger partial charge >= 0.3 is 0 Å². The van der Waals surface area contributed by atoms with Crippen molar-refractivity contribution in [3.8, 4) is 0 Å². The number of aliphatic imine (C=N–C) groups is 2. The summed E-state index contributed by atoms with van der Waals surface area (Å²) in [6, 6.07) is 0. The van der Waals surface area contributed by atoms with Gasteiger partial charge in [-0.3, -0.25) is 4.79 Å². The summed E-state index contributed by atoms with van der Waals surface area (Å²) < 4.78 is 25.8. The smallest absolute Gasteiger partial charge is 0.263 e. The van der Waals surface area contributed by atoms with Crippen LogP contribution in [0.5, 0.6) is 0 Å². The third-order valence-electron chi connectivity index (χ3n) is 5.83. The van der Waals surface area contributed by atoms with Crippen molar-refractivity contribution in [2.24, 2.45) is 21.8 Å². The summed E-state index contributed by atoms with van der Waals surface area (Å²) >= 11 is 1.74. The standard InChI is InChI=1S/C21H28FN3O3S/c1-25-6-2-14(3-7-25)12-28-15-10-17(22)20-18(11-15)23-19(24-21(20)26)13-29-16-4-8-27-9-5-16/h10-11,14,16,20H,2-9,12-13H2,1H3. The van der Waals surface area contributed by atoms with E-state index in [4.69, 9.17) is 9.47 Å². The first-order valence-electron chi connectivity index (χ1n) is 10.4. The molecule has 1 unspecified atom stereocenters. The predicted molar refractivity (Wildman–Crippen MR) is 113 cm³/mol. The van der Waals surface area contributed by atoms with Crippen molar-refractivity contribution >= 4 is 29.2 Å². The minimum Gasteiger partial charge on any atom is -0.493 e. The van der Waals surface area contributed by atoms with E-state index in [1.807, 2.05) is 0 Å². The lowest BCUT2D eigenvalue weighted by atomic mass is 9.94. The van der Waals surface area contributed by atoms with Gasteiger partial charge in [0.2, 0.25) is 0 Å². The van der Waals surface area contributed by atoms with Crippen LogP contribution < -0.4 is 0 Å². The minimum atomic E-state index is -1.01. The summed E-state index contributed by atoms with van der Waals surface area (Å²) in [6.45, 7) is 4.24. The molecule has 158 valence electrons. The molecule has 0 aromatic heterocycles. The Morgan fingerprint density at radius 3 is 2.72 bits per heavy atom. The molecule has 0 bridgehead atoms. The van der Waals surface area contributed by atoms with Gasteiger partial charge in [-0.15, -0.1) is 0 Å². The topological polar surface area (TPSA) is 63.5 Å². The van der Waals surface area contributed by atoms with Gasteiger partial charge in [-0.05, 0) is 51.7 Å². The van der Waals surface area contributed by atoms with E-state index in [0.717, 1.165) is 52.0 Å². The Balaban J connectivity index is 1.38. The number of amidine groups is 1. The summed E-state index contributed by atoms with van der Waals surface area (Å²) in [5.41, 5.74) is 0.408. The number of likely N-dealkylation sites (tertiary alicyclic amines) is 1. The molecule has 2 fully saturated rings. The van der Waals surface area contributed by atoms with E-state index in [1.165, 1.54) is 6.08 Å². The molecule has 8 heteroatoms. The van der Waals surface area contributed by atoms with Gasteiger partial charge in [0.15, 0.2) is 0 Å². The van der Waals surface area contributed by atoms with Crippen molar-refractivity contribution in [2.75, 3.05) is 45.7 Å². The number of halogens is 1. The zero-order valence-corrected chi connectivity index (χ0v) is 17.6. The van der Waals surface area contributed by atoms with Gasteiger partial charge < -0.3 is 14.4 Å². The number of carbonyl (C=O) groups excluding carboxylic acids is 1. The molecule has 0 radical (unpaired) electrons. The van der Waals surface area contributed by atoms with Crippen LogP contribution in [0.15, 0.2) is 33.7 Å². The first-order valence-corrected chi connectivity index (χ1v) is 11.4. The van der Waals surface area contributed by atoms with Gasteiger partial charge in [-0.1, -0.05) is 0 Å². The van der Waals surface area contributed by atoms with E-state index in [-0.39, 0.29) is 0 Å². The zero-order valence-electron chi connectivity index (χ0n) is 16.8. The first kappa shape index (κ1) is 20.8. The number of carbonyl (C=O) groups is 1. The Morgan fingerprint density at radius 1 is 1.21 bits per heavy atom. The molecule has 0 N–H and O–H groups in total. The summed E-state index contributed by atoms with van der Waals surface area (Å²) in [6.07, 6.45) is 7.17. The molecule has 1 atom stereocenters. The number of nitrogens with zero attached hydrogens (tertiary/aromatic N) is 3. The molecule has 4 rings (SSSR count). The highest BCUT2D eigenvalue weighted by molar-refractivity contribution is 8.00. The molecular formula is C21H28FN3O3S. The third-order valence-corrected chi connectivity index (χ3v) is 7.19. The second-order valence-electron chi connectivity index (χ2n) is 8.09. The van der Waals surface area contributed by atoms with Crippen LogP contribution >= 0.6 is 11.8 Å². The highest BCUT2D eigenvalue weighted by Gasteiger charge is 2.35. The van der Waals surface area contributed by atoms with Crippen LogP contribution in [0.2, 0.25) is 0 Å². The van der Waals surface area contributed by atoms with Gasteiger partial charge in [0.05, 0.1) is 18.1 Å². The Hall–Kier alpha value is -1.51. The minimum absolute atomic E-state index is 0.408.